The van der Waals surface area contributed by atoms with Crippen molar-refractivity contribution in [2.24, 2.45) is 5.41 Å². The van der Waals surface area contributed by atoms with Crippen molar-refractivity contribution in [3.05, 3.63) is 72.1 Å². The van der Waals surface area contributed by atoms with Gasteiger partial charge in [-0.15, -0.1) is 0 Å². The fourth-order valence-corrected chi connectivity index (χ4v) is 4.64. The summed E-state index contributed by atoms with van der Waals surface area (Å²) in [4.78, 5) is 21.3. The van der Waals surface area contributed by atoms with Crippen LogP contribution in [0.3, 0.4) is 0 Å². The summed E-state index contributed by atoms with van der Waals surface area (Å²) in [6.07, 6.45) is 11.8. The van der Waals surface area contributed by atoms with Gasteiger partial charge in [0.15, 0.2) is 0 Å². The maximum Gasteiger partial charge on any atom is 0.246 e. The van der Waals surface area contributed by atoms with Crippen LogP contribution in [0, 0.1) is 5.41 Å². The van der Waals surface area contributed by atoms with Gasteiger partial charge in [0.2, 0.25) is 5.91 Å². The number of nitrogens with zero attached hydrogens (tertiary/aromatic N) is 3. The number of benzene rings is 1. The molecule has 2 fully saturated rings. The van der Waals surface area contributed by atoms with Gasteiger partial charge in [-0.1, -0.05) is 30.3 Å². The van der Waals surface area contributed by atoms with Gasteiger partial charge in [-0.25, -0.2) is 0 Å². The van der Waals surface area contributed by atoms with E-state index in [9.17, 15) is 4.79 Å². The predicted molar refractivity (Wildman–Crippen MR) is 113 cm³/mol. The molecule has 0 bridgehead atoms. The zero-order chi connectivity index (χ0) is 19.2. The van der Waals surface area contributed by atoms with E-state index in [0.717, 1.165) is 44.6 Å². The summed E-state index contributed by atoms with van der Waals surface area (Å²) in [5.74, 6) is 0.134. The molecule has 3 heterocycles. The van der Waals surface area contributed by atoms with Crippen LogP contribution in [0.15, 0.2) is 60.9 Å². The van der Waals surface area contributed by atoms with Gasteiger partial charge in [-0.05, 0) is 61.6 Å². The van der Waals surface area contributed by atoms with Crippen molar-refractivity contribution in [3.8, 4) is 0 Å². The van der Waals surface area contributed by atoms with Crippen molar-refractivity contribution in [2.45, 2.75) is 25.7 Å². The Labute approximate surface area is 167 Å². The van der Waals surface area contributed by atoms with Gasteiger partial charge in [0.1, 0.15) is 0 Å². The Morgan fingerprint density at radius 1 is 1.04 bits per heavy atom. The third-order valence-corrected chi connectivity index (χ3v) is 6.17. The molecule has 0 aliphatic carbocycles. The number of hydrogen-bond donors (Lipinski definition) is 0. The Bertz CT molecular complexity index is 805. The highest BCUT2D eigenvalue weighted by Gasteiger charge is 2.42. The van der Waals surface area contributed by atoms with Crippen LogP contribution < -0.4 is 0 Å². The fraction of sp³-hybridized carbons (Fsp3) is 0.417. The average Bonchev–Trinajstić information content (AvgIpc) is 3.15. The maximum atomic E-state index is 12.6. The van der Waals surface area contributed by atoms with Gasteiger partial charge >= 0.3 is 0 Å². The van der Waals surface area contributed by atoms with Gasteiger partial charge in [-0.3, -0.25) is 9.78 Å². The Kier molecular flexibility index (Phi) is 5.87. The largest absolute Gasteiger partial charge is 0.339 e. The molecule has 28 heavy (non-hydrogen) atoms. The molecule has 0 N–H and O–H groups in total. The number of likely N-dealkylation sites (tertiary alicyclic amines) is 2. The minimum Gasteiger partial charge on any atom is -0.339 e. The molecule has 0 saturated carbocycles. The second-order valence-electron chi connectivity index (χ2n) is 8.24. The van der Waals surface area contributed by atoms with Crippen LogP contribution in [0.1, 0.15) is 30.4 Å². The molecule has 1 atom stereocenters. The first kappa shape index (κ1) is 18.9. The Hall–Kier alpha value is -2.46. The molecule has 146 valence electrons. The molecule has 2 aliphatic heterocycles. The summed E-state index contributed by atoms with van der Waals surface area (Å²) in [5, 5.41) is 0. The van der Waals surface area contributed by atoms with Crippen molar-refractivity contribution >= 4 is 12.0 Å². The molecular weight excluding hydrogens is 346 g/mol. The lowest BCUT2D eigenvalue weighted by molar-refractivity contribution is -0.125. The number of carbonyl (C=O) groups excluding carboxylic acids is 1. The monoisotopic (exact) mass is 375 g/mol. The van der Waals surface area contributed by atoms with Crippen LogP contribution in [0.2, 0.25) is 0 Å². The highest BCUT2D eigenvalue weighted by atomic mass is 16.2. The SMILES string of the molecule is O=C(C=Cc1ccncc1)N1CCC2(CCCN(CCc3ccccc3)C2)C1. The van der Waals surface area contributed by atoms with Crippen LogP contribution in [-0.4, -0.2) is 53.4 Å². The third-order valence-electron chi connectivity index (χ3n) is 6.17. The summed E-state index contributed by atoms with van der Waals surface area (Å²) in [5.41, 5.74) is 2.71. The number of hydrogen-bond acceptors (Lipinski definition) is 3. The van der Waals surface area contributed by atoms with Crippen molar-refractivity contribution in [1.29, 1.82) is 0 Å². The van der Waals surface area contributed by atoms with Crippen LogP contribution in [0.4, 0.5) is 0 Å². The van der Waals surface area contributed by atoms with E-state index in [2.05, 4.69) is 40.2 Å². The van der Waals surface area contributed by atoms with Crippen LogP contribution in [-0.2, 0) is 11.2 Å². The van der Waals surface area contributed by atoms with E-state index in [4.69, 9.17) is 0 Å². The van der Waals surface area contributed by atoms with Gasteiger partial charge in [0.25, 0.3) is 0 Å². The normalized spacial score (nSPS) is 22.9. The molecular formula is C24H29N3O. The molecule has 0 radical (unpaired) electrons. The Balaban J connectivity index is 1.31. The van der Waals surface area contributed by atoms with Crippen LogP contribution in [0.25, 0.3) is 6.08 Å². The number of amides is 1. The van der Waals surface area contributed by atoms with E-state index >= 15 is 0 Å². The summed E-state index contributed by atoms with van der Waals surface area (Å²) in [7, 11) is 0. The smallest absolute Gasteiger partial charge is 0.246 e. The topological polar surface area (TPSA) is 36.4 Å². The molecule has 1 spiro atoms. The molecule has 1 aromatic carbocycles. The summed E-state index contributed by atoms with van der Waals surface area (Å²) >= 11 is 0. The quantitative estimate of drug-likeness (QED) is 0.749. The summed E-state index contributed by atoms with van der Waals surface area (Å²) in [6.45, 7) is 5.20. The number of rotatable bonds is 5. The molecule has 2 aromatic rings. The molecule has 4 rings (SSSR count). The minimum absolute atomic E-state index is 0.134. The molecule has 1 amide bonds. The fourth-order valence-electron chi connectivity index (χ4n) is 4.64. The average molecular weight is 376 g/mol. The van der Waals surface area contributed by atoms with E-state index in [1.165, 1.54) is 24.9 Å². The van der Waals surface area contributed by atoms with Crippen molar-refractivity contribution in [3.63, 3.8) is 0 Å². The molecule has 2 saturated heterocycles. The highest BCUT2D eigenvalue weighted by Crippen LogP contribution is 2.39. The third kappa shape index (κ3) is 4.68. The zero-order valence-corrected chi connectivity index (χ0v) is 16.5. The van der Waals surface area contributed by atoms with E-state index in [1.54, 1.807) is 18.5 Å². The molecule has 1 unspecified atom stereocenters. The molecule has 4 nitrogen and oxygen atoms in total. The highest BCUT2D eigenvalue weighted by molar-refractivity contribution is 5.92. The van der Waals surface area contributed by atoms with E-state index in [0.29, 0.717) is 0 Å². The number of pyridine rings is 1. The lowest BCUT2D eigenvalue weighted by atomic mass is 9.79. The van der Waals surface area contributed by atoms with Gasteiger partial charge in [0, 0.05) is 50.1 Å². The maximum absolute atomic E-state index is 12.6. The first-order chi connectivity index (χ1) is 13.7. The Morgan fingerprint density at radius 2 is 1.86 bits per heavy atom. The number of carbonyl (C=O) groups is 1. The second-order valence-corrected chi connectivity index (χ2v) is 8.24. The minimum atomic E-state index is 0.134. The first-order valence-corrected chi connectivity index (χ1v) is 10.4. The van der Waals surface area contributed by atoms with Gasteiger partial charge in [-0.2, -0.15) is 0 Å². The van der Waals surface area contributed by atoms with Crippen molar-refractivity contribution in [1.82, 2.24) is 14.8 Å². The molecule has 1 aromatic heterocycles. The van der Waals surface area contributed by atoms with E-state index in [1.807, 2.05) is 23.1 Å². The van der Waals surface area contributed by atoms with E-state index in [-0.39, 0.29) is 11.3 Å². The van der Waals surface area contributed by atoms with Gasteiger partial charge < -0.3 is 9.80 Å². The van der Waals surface area contributed by atoms with Crippen molar-refractivity contribution < 1.29 is 4.79 Å². The first-order valence-electron chi connectivity index (χ1n) is 10.4. The molecule has 2 aliphatic rings. The van der Waals surface area contributed by atoms with Crippen molar-refractivity contribution in [2.75, 3.05) is 32.7 Å². The standard InChI is InChI=1S/C24H29N3O/c28-23(8-7-22-9-14-25-15-10-22)27-18-13-24(20-27)12-4-16-26(19-24)17-11-21-5-2-1-3-6-21/h1-3,5-10,14-15H,4,11-13,16-20H2. The lowest BCUT2D eigenvalue weighted by Crippen LogP contribution is -2.45. The molecule has 4 heteroatoms. The summed E-state index contributed by atoms with van der Waals surface area (Å²) < 4.78 is 0. The number of piperidine rings is 1. The predicted octanol–water partition coefficient (Wildman–Crippen LogP) is 3.65. The lowest BCUT2D eigenvalue weighted by Gasteiger charge is -2.40. The summed E-state index contributed by atoms with van der Waals surface area (Å²) in [6, 6.07) is 14.6. The zero-order valence-electron chi connectivity index (χ0n) is 16.5. The van der Waals surface area contributed by atoms with E-state index < -0.39 is 0 Å². The van der Waals surface area contributed by atoms with Crippen LogP contribution in [0.5, 0.6) is 0 Å². The van der Waals surface area contributed by atoms with Crippen LogP contribution >= 0.6 is 0 Å². The second kappa shape index (κ2) is 8.70. The number of aromatic nitrogens is 1. The van der Waals surface area contributed by atoms with Gasteiger partial charge in [0.05, 0.1) is 0 Å². The Morgan fingerprint density at radius 3 is 2.68 bits per heavy atom.